The topological polar surface area (TPSA) is 69.6 Å². The van der Waals surface area contributed by atoms with E-state index in [-0.39, 0.29) is 12.4 Å². The Morgan fingerprint density at radius 3 is 2.55 bits per heavy atom. The number of hydrogen-bond donors (Lipinski definition) is 3. The molecule has 3 N–H and O–H groups in total. The van der Waals surface area contributed by atoms with Gasteiger partial charge >= 0.3 is 0 Å². The molecule has 0 heterocycles. The van der Waals surface area contributed by atoms with Crippen LogP contribution in [0, 0.1) is 5.82 Å². The summed E-state index contributed by atoms with van der Waals surface area (Å²) in [5.41, 5.74) is -1.05. The van der Waals surface area contributed by atoms with Gasteiger partial charge in [0.1, 0.15) is 11.4 Å². The molecule has 0 aliphatic heterocycles. The first-order chi connectivity index (χ1) is 9.44. The summed E-state index contributed by atoms with van der Waals surface area (Å²) < 4.78 is 13.7. The predicted molar refractivity (Wildman–Crippen MR) is 73.9 cm³/mol. The molecule has 2 aromatic carbocycles. The maximum atomic E-state index is 13.7. The molecule has 0 saturated carbocycles. The number of hydrogen-bond acceptors (Lipinski definition) is 3. The fourth-order valence-corrected chi connectivity index (χ4v) is 1.88. The molecule has 0 aliphatic carbocycles. The summed E-state index contributed by atoms with van der Waals surface area (Å²) in [6.07, 6.45) is 0. The van der Waals surface area contributed by atoms with E-state index in [0.717, 1.165) is 0 Å². The van der Waals surface area contributed by atoms with Crippen molar-refractivity contribution in [1.82, 2.24) is 5.32 Å². The number of rotatable bonds is 4. The number of aliphatic hydroxyl groups is 2. The van der Waals surface area contributed by atoms with Crippen LogP contribution in [0.15, 0.2) is 36.4 Å². The minimum Gasteiger partial charge on any atom is -0.393 e. The number of benzene rings is 2. The number of carbonyl (C=O) groups excluding carboxylic acids is 1. The molecule has 2 aromatic rings. The van der Waals surface area contributed by atoms with Crippen LogP contribution in [0.2, 0.25) is 0 Å². The highest BCUT2D eigenvalue weighted by Gasteiger charge is 2.21. The van der Waals surface area contributed by atoms with Gasteiger partial charge in [0.25, 0.3) is 5.91 Å². The molecule has 4 nitrogen and oxygen atoms in total. The lowest BCUT2D eigenvalue weighted by molar-refractivity contribution is 0.00321. The molecule has 1 unspecified atom stereocenters. The van der Waals surface area contributed by atoms with Crippen molar-refractivity contribution in [3.63, 3.8) is 0 Å². The first kappa shape index (κ1) is 14.4. The number of carbonyl (C=O) groups is 1. The Morgan fingerprint density at radius 1 is 1.25 bits per heavy atom. The third-order valence-corrected chi connectivity index (χ3v) is 3.09. The van der Waals surface area contributed by atoms with Gasteiger partial charge in [0.2, 0.25) is 0 Å². The average molecular weight is 277 g/mol. The van der Waals surface area contributed by atoms with Crippen molar-refractivity contribution in [2.75, 3.05) is 13.2 Å². The Hall–Kier alpha value is -1.98. The Morgan fingerprint density at radius 2 is 1.90 bits per heavy atom. The van der Waals surface area contributed by atoms with Crippen molar-refractivity contribution < 1.29 is 19.4 Å². The van der Waals surface area contributed by atoms with E-state index in [9.17, 15) is 14.3 Å². The van der Waals surface area contributed by atoms with Gasteiger partial charge in [-0.25, -0.2) is 4.39 Å². The molecule has 5 heteroatoms. The number of halogens is 1. The maximum Gasteiger partial charge on any atom is 0.252 e. The molecule has 1 amide bonds. The first-order valence-corrected chi connectivity index (χ1v) is 6.23. The van der Waals surface area contributed by atoms with Gasteiger partial charge < -0.3 is 15.5 Å². The highest BCUT2D eigenvalue weighted by atomic mass is 19.1. The summed E-state index contributed by atoms with van der Waals surface area (Å²) in [7, 11) is 0. The van der Waals surface area contributed by atoms with Gasteiger partial charge in [-0.15, -0.1) is 0 Å². The largest absolute Gasteiger partial charge is 0.393 e. The van der Waals surface area contributed by atoms with Gasteiger partial charge in [-0.3, -0.25) is 4.79 Å². The second-order valence-corrected chi connectivity index (χ2v) is 4.98. The summed E-state index contributed by atoms with van der Waals surface area (Å²) in [6.45, 7) is 0.863. The van der Waals surface area contributed by atoms with Crippen LogP contribution < -0.4 is 5.32 Å². The van der Waals surface area contributed by atoms with E-state index in [1.54, 1.807) is 24.3 Å². The Labute approximate surface area is 115 Å². The molecule has 0 fully saturated rings. The quantitative estimate of drug-likeness (QED) is 0.792. The molecule has 106 valence electrons. The lowest BCUT2D eigenvalue weighted by atomic mass is 10.0. The zero-order valence-corrected chi connectivity index (χ0v) is 11.1. The Kier molecular flexibility index (Phi) is 4.01. The molecule has 0 aromatic heterocycles. The van der Waals surface area contributed by atoms with Crippen molar-refractivity contribution in [3.8, 4) is 0 Å². The molecular weight excluding hydrogens is 261 g/mol. The van der Waals surface area contributed by atoms with Crippen LogP contribution in [-0.4, -0.2) is 34.9 Å². The van der Waals surface area contributed by atoms with Gasteiger partial charge in [0.05, 0.1) is 6.61 Å². The van der Waals surface area contributed by atoms with Gasteiger partial charge in [0, 0.05) is 17.5 Å². The average Bonchev–Trinajstić information content (AvgIpc) is 2.46. The second kappa shape index (κ2) is 5.56. The summed E-state index contributed by atoms with van der Waals surface area (Å²) in [5.74, 6) is -0.811. The molecule has 20 heavy (non-hydrogen) atoms. The van der Waals surface area contributed by atoms with E-state index in [0.29, 0.717) is 16.3 Å². The number of aliphatic hydroxyl groups excluding tert-OH is 1. The standard InChI is InChI=1S/C15H16FNO3/c1-15(20,9-18)8-17-14(19)12-6-7-13(16)11-5-3-2-4-10(11)12/h2-7,18,20H,8-9H2,1H3,(H,17,19). The normalized spacial score (nSPS) is 14.0. The van der Waals surface area contributed by atoms with Gasteiger partial charge in [0.15, 0.2) is 0 Å². The molecule has 1 atom stereocenters. The van der Waals surface area contributed by atoms with Crippen LogP contribution in [0.5, 0.6) is 0 Å². The van der Waals surface area contributed by atoms with E-state index in [1.807, 2.05) is 0 Å². The molecule has 0 spiro atoms. The number of amides is 1. The number of fused-ring (bicyclic) bond motifs is 1. The minimum atomic E-state index is -1.38. The van der Waals surface area contributed by atoms with Crippen molar-refractivity contribution in [3.05, 3.63) is 47.8 Å². The molecule has 0 saturated heterocycles. The highest BCUT2D eigenvalue weighted by molar-refractivity contribution is 6.07. The van der Waals surface area contributed by atoms with E-state index in [2.05, 4.69) is 5.32 Å². The smallest absolute Gasteiger partial charge is 0.252 e. The van der Waals surface area contributed by atoms with Crippen LogP contribution in [-0.2, 0) is 0 Å². The van der Waals surface area contributed by atoms with Crippen LogP contribution in [0.4, 0.5) is 4.39 Å². The zero-order valence-electron chi connectivity index (χ0n) is 11.1. The van der Waals surface area contributed by atoms with Crippen molar-refractivity contribution in [2.24, 2.45) is 0 Å². The van der Waals surface area contributed by atoms with E-state index in [1.165, 1.54) is 19.1 Å². The summed E-state index contributed by atoms with van der Waals surface area (Å²) in [6, 6.07) is 9.33. The van der Waals surface area contributed by atoms with E-state index >= 15 is 0 Å². The third kappa shape index (κ3) is 2.95. The number of nitrogens with one attached hydrogen (secondary N) is 1. The summed E-state index contributed by atoms with van der Waals surface area (Å²) in [5, 5.41) is 22.0. The van der Waals surface area contributed by atoms with Crippen LogP contribution in [0.1, 0.15) is 17.3 Å². The fraction of sp³-hybridized carbons (Fsp3) is 0.267. The predicted octanol–water partition coefficient (Wildman–Crippen LogP) is 1.45. The Bertz CT molecular complexity index is 640. The van der Waals surface area contributed by atoms with Crippen molar-refractivity contribution >= 4 is 16.7 Å². The van der Waals surface area contributed by atoms with Crippen LogP contribution >= 0.6 is 0 Å². The minimum absolute atomic E-state index is 0.0892. The van der Waals surface area contributed by atoms with Crippen molar-refractivity contribution in [2.45, 2.75) is 12.5 Å². The molecule has 0 radical (unpaired) electrons. The molecule has 0 bridgehead atoms. The second-order valence-electron chi connectivity index (χ2n) is 4.98. The maximum absolute atomic E-state index is 13.7. The lowest BCUT2D eigenvalue weighted by Gasteiger charge is -2.20. The summed E-state index contributed by atoms with van der Waals surface area (Å²) >= 11 is 0. The molecule has 2 rings (SSSR count). The van der Waals surface area contributed by atoms with Crippen LogP contribution in [0.3, 0.4) is 0 Å². The highest BCUT2D eigenvalue weighted by Crippen LogP contribution is 2.21. The van der Waals surface area contributed by atoms with Gasteiger partial charge in [-0.2, -0.15) is 0 Å². The zero-order chi connectivity index (χ0) is 14.8. The lowest BCUT2D eigenvalue weighted by Crippen LogP contribution is -2.43. The SMILES string of the molecule is CC(O)(CO)CNC(=O)c1ccc(F)c2ccccc12. The molecule has 0 aliphatic rings. The Balaban J connectivity index is 2.29. The van der Waals surface area contributed by atoms with Gasteiger partial charge in [-0.05, 0) is 24.4 Å². The van der Waals surface area contributed by atoms with E-state index in [4.69, 9.17) is 5.11 Å². The van der Waals surface area contributed by atoms with Crippen molar-refractivity contribution in [1.29, 1.82) is 0 Å². The van der Waals surface area contributed by atoms with Crippen LogP contribution in [0.25, 0.3) is 10.8 Å². The first-order valence-electron chi connectivity index (χ1n) is 6.23. The third-order valence-electron chi connectivity index (χ3n) is 3.09. The van der Waals surface area contributed by atoms with Gasteiger partial charge in [-0.1, -0.05) is 24.3 Å². The monoisotopic (exact) mass is 277 g/mol. The molecular formula is C15H16FNO3. The summed E-state index contributed by atoms with van der Waals surface area (Å²) in [4.78, 5) is 12.1. The van der Waals surface area contributed by atoms with E-state index < -0.39 is 18.1 Å². The fourth-order valence-electron chi connectivity index (χ4n) is 1.88.